The number of nitrogens with one attached hydrogen (secondary N) is 1. The number of anilines is 1. The molecule has 2 aromatic carbocycles. The maximum Gasteiger partial charge on any atom is 0.349 e. The lowest BCUT2D eigenvalue weighted by Crippen LogP contribution is -2.17. The average molecular weight is 470 g/mol. The normalized spacial score (nSPS) is 11.3. The Hall–Kier alpha value is -3.05. The molecule has 0 saturated heterocycles. The van der Waals surface area contributed by atoms with Crippen LogP contribution in [0.4, 0.5) is 10.1 Å². The van der Waals surface area contributed by atoms with Crippen molar-refractivity contribution < 1.29 is 36.6 Å². The zero-order valence-corrected chi connectivity index (χ0v) is 18.8. The first kappa shape index (κ1) is 22.6. The molecule has 0 atom stereocenters. The molecule has 0 aliphatic carbocycles. The average Bonchev–Trinajstić information content (AvgIpc) is 3.15. The maximum atomic E-state index is 14.6. The number of sulfonamides is 1. The van der Waals surface area contributed by atoms with Gasteiger partial charge in [-0.3, -0.25) is 4.72 Å². The SMILES string of the molecule is CCOC(=O)c1sc2cccc(F)c2c1S(=O)(=O)Nc1cc(OC)c(OC)c(OC)c1. The van der Waals surface area contributed by atoms with Gasteiger partial charge in [-0.1, -0.05) is 6.07 Å². The van der Waals surface area contributed by atoms with E-state index < -0.39 is 26.7 Å². The van der Waals surface area contributed by atoms with E-state index in [1.54, 1.807) is 6.92 Å². The lowest BCUT2D eigenvalue weighted by molar-refractivity contribution is 0.0528. The third-order valence-electron chi connectivity index (χ3n) is 4.27. The number of halogens is 1. The van der Waals surface area contributed by atoms with Gasteiger partial charge in [-0.2, -0.15) is 0 Å². The van der Waals surface area contributed by atoms with E-state index in [0.29, 0.717) is 4.70 Å². The van der Waals surface area contributed by atoms with Crippen molar-refractivity contribution in [1.29, 1.82) is 0 Å². The van der Waals surface area contributed by atoms with Crippen LogP contribution in [0.15, 0.2) is 35.2 Å². The first-order valence-electron chi connectivity index (χ1n) is 8.98. The van der Waals surface area contributed by atoms with Crippen molar-refractivity contribution >= 4 is 43.1 Å². The number of rotatable bonds is 8. The molecular weight excluding hydrogens is 449 g/mol. The van der Waals surface area contributed by atoms with Crippen molar-refractivity contribution in [1.82, 2.24) is 0 Å². The molecule has 0 aliphatic heterocycles. The van der Waals surface area contributed by atoms with E-state index in [1.807, 2.05) is 0 Å². The molecule has 0 aliphatic rings. The molecule has 0 radical (unpaired) electrons. The lowest BCUT2D eigenvalue weighted by Gasteiger charge is -2.15. The van der Waals surface area contributed by atoms with Crippen LogP contribution in [0.25, 0.3) is 10.1 Å². The highest BCUT2D eigenvalue weighted by Crippen LogP contribution is 2.42. The summed E-state index contributed by atoms with van der Waals surface area (Å²) in [5.74, 6) is -0.923. The minimum atomic E-state index is -4.41. The molecule has 3 rings (SSSR count). The maximum absolute atomic E-state index is 14.6. The molecule has 0 bridgehead atoms. The second-order valence-electron chi connectivity index (χ2n) is 6.11. The van der Waals surface area contributed by atoms with Crippen molar-refractivity contribution in [3.8, 4) is 17.2 Å². The third-order valence-corrected chi connectivity index (χ3v) is 6.98. The molecule has 1 aromatic heterocycles. The second-order valence-corrected chi connectivity index (χ2v) is 8.78. The highest BCUT2D eigenvalue weighted by molar-refractivity contribution is 7.93. The van der Waals surface area contributed by atoms with Crippen LogP contribution in [-0.2, 0) is 14.8 Å². The summed E-state index contributed by atoms with van der Waals surface area (Å²) < 4.78 is 64.6. The van der Waals surface area contributed by atoms with Crippen LogP contribution in [0.1, 0.15) is 16.6 Å². The summed E-state index contributed by atoms with van der Waals surface area (Å²) >= 11 is 0.842. The van der Waals surface area contributed by atoms with Gasteiger partial charge in [0.1, 0.15) is 15.6 Å². The number of methoxy groups -OCH3 is 3. The summed E-state index contributed by atoms with van der Waals surface area (Å²) in [5, 5.41) is -0.185. The largest absolute Gasteiger partial charge is 0.493 e. The molecule has 0 unspecified atom stereocenters. The van der Waals surface area contributed by atoms with Crippen LogP contribution < -0.4 is 18.9 Å². The Morgan fingerprint density at radius 3 is 2.29 bits per heavy atom. The summed E-state index contributed by atoms with van der Waals surface area (Å²) in [6, 6.07) is 6.86. The highest BCUT2D eigenvalue weighted by Gasteiger charge is 2.31. The smallest absolute Gasteiger partial charge is 0.349 e. The van der Waals surface area contributed by atoms with Crippen LogP contribution in [0, 0.1) is 5.82 Å². The zero-order chi connectivity index (χ0) is 22.8. The molecule has 1 N–H and O–H groups in total. The molecule has 11 heteroatoms. The fourth-order valence-electron chi connectivity index (χ4n) is 3.01. The summed E-state index contributed by atoms with van der Waals surface area (Å²) in [6.07, 6.45) is 0. The summed E-state index contributed by atoms with van der Waals surface area (Å²) in [4.78, 5) is 11.7. The number of fused-ring (bicyclic) bond motifs is 1. The van der Waals surface area contributed by atoms with Gasteiger partial charge in [0.25, 0.3) is 10.0 Å². The lowest BCUT2D eigenvalue weighted by atomic mass is 10.2. The number of carbonyl (C=O) groups is 1. The third kappa shape index (κ3) is 4.23. The van der Waals surface area contributed by atoms with Gasteiger partial charge in [0.05, 0.1) is 33.6 Å². The molecule has 0 spiro atoms. The van der Waals surface area contributed by atoms with Gasteiger partial charge in [0, 0.05) is 22.2 Å². The van der Waals surface area contributed by atoms with Crippen LogP contribution >= 0.6 is 11.3 Å². The summed E-state index contributed by atoms with van der Waals surface area (Å²) in [6.45, 7) is 1.63. The molecule has 3 aromatic rings. The van der Waals surface area contributed by atoms with E-state index in [9.17, 15) is 17.6 Å². The van der Waals surface area contributed by atoms with Gasteiger partial charge in [-0.15, -0.1) is 11.3 Å². The molecule has 0 amide bonds. The van der Waals surface area contributed by atoms with Gasteiger partial charge in [0.15, 0.2) is 11.5 Å². The number of benzene rings is 2. The van der Waals surface area contributed by atoms with Crippen molar-refractivity contribution in [2.75, 3.05) is 32.7 Å². The van der Waals surface area contributed by atoms with E-state index >= 15 is 0 Å². The Bertz CT molecular complexity index is 1210. The second kappa shape index (κ2) is 8.98. The quantitative estimate of drug-likeness (QED) is 0.497. The van der Waals surface area contributed by atoms with Crippen LogP contribution in [0.2, 0.25) is 0 Å². The predicted octanol–water partition coefficient (Wildman–Crippen LogP) is 4.04. The standard InChI is InChI=1S/C20H20FNO7S2/c1-5-29-20(23)18-19(16-12(21)7-6-8-15(16)30-18)31(24,25)22-11-9-13(26-2)17(28-4)14(10-11)27-3/h6-10,22H,5H2,1-4H3. The molecule has 166 valence electrons. The number of hydrogen-bond acceptors (Lipinski definition) is 8. The van der Waals surface area contributed by atoms with Crippen LogP contribution in [0.3, 0.4) is 0 Å². The molecular formula is C20H20FNO7S2. The number of ether oxygens (including phenoxy) is 4. The molecule has 0 fully saturated rings. The monoisotopic (exact) mass is 469 g/mol. The highest BCUT2D eigenvalue weighted by atomic mass is 32.2. The van der Waals surface area contributed by atoms with E-state index in [-0.39, 0.29) is 39.8 Å². The van der Waals surface area contributed by atoms with E-state index in [4.69, 9.17) is 18.9 Å². The van der Waals surface area contributed by atoms with Gasteiger partial charge in [-0.25, -0.2) is 17.6 Å². The number of hydrogen-bond donors (Lipinski definition) is 1. The topological polar surface area (TPSA) is 100 Å². The minimum Gasteiger partial charge on any atom is -0.493 e. The molecule has 0 saturated carbocycles. The van der Waals surface area contributed by atoms with Gasteiger partial charge in [-0.05, 0) is 19.1 Å². The van der Waals surface area contributed by atoms with Gasteiger partial charge >= 0.3 is 5.97 Å². The molecule has 1 heterocycles. The van der Waals surface area contributed by atoms with E-state index in [2.05, 4.69) is 4.72 Å². The Balaban J connectivity index is 2.19. The van der Waals surface area contributed by atoms with Crippen LogP contribution in [-0.4, -0.2) is 42.3 Å². The Kier molecular flexibility index (Phi) is 6.56. The number of esters is 1. The van der Waals surface area contributed by atoms with Crippen molar-refractivity contribution in [2.45, 2.75) is 11.8 Å². The first-order valence-corrected chi connectivity index (χ1v) is 11.3. The predicted molar refractivity (Wildman–Crippen MR) is 115 cm³/mol. The van der Waals surface area contributed by atoms with Crippen molar-refractivity contribution in [3.63, 3.8) is 0 Å². The van der Waals surface area contributed by atoms with E-state index in [1.165, 1.54) is 45.6 Å². The number of thiophene rings is 1. The Morgan fingerprint density at radius 1 is 1.10 bits per heavy atom. The summed E-state index contributed by atoms with van der Waals surface area (Å²) in [5.41, 5.74) is 0.0694. The summed E-state index contributed by atoms with van der Waals surface area (Å²) in [7, 11) is -0.232. The molecule has 8 nitrogen and oxygen atoms in total. The van der Waals surface area contributed by atoms with Gasteiger partial charge < -0.3 is 18.9 Å². The first-order chi connectivity index (χ1) is 14.8. The molecule has 31 heavy (non-hydrogen) atoms. The Labute approximate surface area is 182 Å². The Morgan fingerprint density at radius 2 is 1.74 bits per heavy atom. The van der Waals surface area contributed by atoms with Crippen molar-refractivity contribution in [3.05, 3.63) is 41.0 Å². The van der Waals surface area contributed by atoms with E-state index in [0.717, 1.165) is 17.4 Å². The fourth-order valence-corrected chi connectivity index (χ4v) is 5.87. The zero-order valence-electron chi connectivity index (χ0n) is 17.1. The van der Waals surface area contributed by atoms with Crippen LogP contribution in [0.5, 0.6) is 17.2 Å². The number of carbonyl (C=O) groups excluding carboxylic acids is 1. The van der Waals surface area contributed by atoms with Crippen molar-refractivity contribution in [2.24, 2.45) is 0 Å². The van der Waals surface area contributed by atoms with Gasteiger partial charge in [0.2, 0.25) is 5.75 Å². The minimum absolute atomic E-state index is 0.0371. The fraction of sp³-hybridized carbons (Fsp3) is 0.250.